The standard InChI is InChI=1S/C14H17N3O3S/c1-10-5-6-12(21(3,19)20)9-13(10)16-14(18)11(2)17-8-4-7-15-17/h4-9,11H,1-3H3,(H,16,18). The van der Waals surface area contributed by atoms with Crippen molar-refractivity contribution in [3.05, 3.63) is 42.2 Å². The van der Waals surface area contributed by atoms with Gasteiger partial charge in [-0.3, -0.25) is 9.48 Å². The maximum atomic E-state index is 12.2. The highest BCUT2D eigenvalue weighted by Crippen LogP contribution is 2.21. The minimum Gasteiger partial charge on any atom is -0.324 e. The molecule has 21 heavy (non-hydrogen) atoms. The van der Waals surface area contributed by atoms with Crippen molar-refractivity contribution < 1.29 is 13.2 Å². The Kier molecular flexibility index (Phi) is 4.13. The van der Waals surface area contributed by atoms with Crippen LogP contribution in [0.4, 0.5) is 5.69 Å². The van der Waals surface area contributed by atoms with Crippen LogP contribution in [0.5, 0.6) is 0 Å². The Balaban J connectivity index is 2.25. The summed E-state index contributed by atoms with van der Waals surface area (Å²) < 4.78 is 24.7. The van der Waals surface area contributed by atoms with Crippen LogP contribution in [0.25, 0.3) is 0 Å². The van der Waals surface area contributed by atoms with Crippen molar-refractivity contribution in [2.24, 2.45) is 0 Å². The van der Waals surface area contributed by atoms with Crippen LogP contribution in [0.15, 0.2) is 41.6 Å². The van der Waals surface area contributed by atoms with Gasteiger partial charge in [-0.2, -0.15) is 5.10 Å². The summed E-state index contributed by atoms with van der Waals surface area (Å²) in [7, 11) is -3.31. The topological polar surface area (TPSA) is 81.1 Å². The quantitative estimate of drug-likeness (QED) is 0.934. The number of anilines is 1. The van der Waals surface area contributed by atoms with Crippen LogP contribution in [-0.4, -0.2) is 30.4 Å². The van der Waals surface area contributed by atoms with E-state index in [1.165, 1.54) is 16.8 Å². The Bertz CT molecular complexity index is 752. The molecule has 1 aromatic heterocycles. The summed E-state index contributed by atoms with van der Waals surface area (Å²) in [5, 5.41) is 6.76. The number of aryl methyl sites for hydroxylation is 1. The van der Waals surface area contributed by atoms with E-state index in [0.29, 0.717) is 5.69 Å². The van der Waals surface area contributed by atoms with Crippen LogP contribution < -0.4 is 5.32 Å². The van der Waals surface area contributed by atoms with Gasteiger partial charge in [-0.05, 0) is 37.6 Å². The molecule has 0 saturated carbocycles. The zero-order chi connectivity index (χ0) is 15.6. The van der Waals surface area contributed by atoms with E-state index in [2.05, 4.69) is 10.4 Å². The lowest BCUT2D eigenvalue weighted by Gasteiger charge is -2.14. The van der Waals surface area contributed by atoms with Crippen molar-refractivity contribution in [2.75, 3.05) is 11.6 Å². The first kappa shape index (κ1) is 15.2. The van der Waals surface area contributed by atoms with Gasteiger partial charge in [0.2, 0.25) is 5.91 Å². The van der Waals surface area contributed by atoms with E-state index in [4.69, 9.17) is 0 Å². The lowest BCUT2D eigenvalue weighted by atomic mass is 10.2. The molecular weight excluding hydrogens is 290 g/mol. The smallest absolute Gasteiger partial charge is 0.248 e. The fourth-order valence-electron chi connectivity index (χ4n) is 1.83. The van der Waals surface area contributed by atoms with Gasteiger partial charge in [-0.15, -0.1) is 0 Å². The summed E-state index contributed by atoms with van der Waals surface area (Å²) in [4.78, 5) is 12.4. The van der Waals surface area contributed by atoms with Crippen molar-refractivity contribution in [3.8, 4) is 0 Å². The molecule has 0 spiro atoms. The molecule has 1 amide bonds. The minimum atomic E-state index is -3.31. The molecule has 0 saturated heterocycles. The molecule has 7 heteroatoms. The number of benzene rings is 1. The van der Waals surface area contributed by atoms with Crippen molar-refractivity contribution >= 4 is 21.4 Å². The van der Waals surface area contributed by atoms with Crippen LogP contribution in [-0.2, 0) is 14.6 Å². The van der Waals surface area contributed by atoms with Gasteiger partial charge >= 0.3 is 0 Å². The molecular formula is C14H17N3O3S. The Morgan fingerprint density at radius 3 is 2.67 bits per heavy atom. The fraction of sp³-hybridized carbons (Fsp3) is 0.286. The number of nitrogens with one attached hydrogen (secondary N) is 1. The summed E-state index contributed by atoms with van der Waals surface area (Å²) in [6.07, 6.45) is 4.43. The molecule has 0 fully saturated rings. The monoisotopic (exact) mass is 307 g/mol. The third-order valence-corrected chi connectivity index (χ3v) is 4.31. The minimum absolute atomic E-state index is 0.176. The fourth-order valence-corrected chi connectivity index (χ4v) is 2.48. The molecule has 1 atom stereocenters. The van der Waals surface area contributed by atoms with Gasteiger partial charge in [0.1, 0.15) is 6.04 Å². The zero-order valence-corrected chi connectivity index (χ0v) is 12.9. The van der Waals surface area contributed by atoms with E-state index >= 15 is 0 Å². The lowest BCUT2D eigenvalue weighted by Crippen LogP contribution is -2.24. The average Bonchev–Trinajstić information content (AvgIpc) is 2.92. The molecule has 0 aliphatic carbocycles. The Morgan fingerprint density at radius 1 is 1.38 bits per heavy atom. The largest absolute Gasteiger partial charge is 0.324 e. The normalized spacial score (nSPS) is 12.9. The summed E-state index contributed by atoms with van der Waals surface area (Å²) in [5.74, 6) is -0.257. The molecule has 0 aliphatic heterocycles. The average molecular weight is 307 g/mol. The Morgan fingerprint density at radius 2 is 2.10 bits per heavy atom. The van der Waals surface area contributed by atoms with E-state index in [-0.39, 0.29) is 10.8 Å². The Labute approximate surface area is 123 Å². The molecule has 2 aromatic rings. The molecule has 1 heterocycles. The highest BCUT2D eigenvalue weighted by molar-refractivity contribution is 7.90. The van der Waals surface area contributed by atoms with Crippen molar-refractivity contribution in [1.82, 2.24) is 9.78 Å². The summed E-state index contributed by atoms with van der Waals surface area (Å²) in [5.41, 5.74) is 1.28. The molecule has 1 unspecified atom stereocenters. The summed E-state index contributed by atoms with van der Waals surface area (Å²) in [6, 6.07) is 5.92. The van der Waals surface area contributed by atoms with Crippen LogP contribution in [0.1, 0.15) is 18.5 Å². The second-order valence-electron chi connectivity index (χ2n) is 4.90. The van der Waals surface area contributed by atoms with Gasteiger partial charge in [0.15, 0.2) is 9.84 Å². The second kappa shape index (κ2) is 5.69. The number of rotatable bonds is 4. The summed E-state index contributed by atoms with van der Waals surface area (Å²) >= 11 is 0. The van der Waals surface area contributed by atoms with E-state index < -0.39 is 15.9 Å². The van der Waals surface area contributed by atoms with Crippen LogP contribution in [0.2, 0.25) is 0 Å². The molecule has 6 nitrogen and oxygen atoms in total. The molecule has 1 N–H and O–H groups in total. The van der Waals surface area contributed by atoms with E-state index in [9.17, 15) is 13.2 Å². The SMILES string of the molecule is Cc1ccc(S(C)(=O)=O)cc1NC(=O)C(C)n1cccn1. The Hall–Kier alpha value is -2.15. The van der Waals surface area contributed by atoms with Gasteiger partial charge in [0.05, 0.1) is 4.90 Å². The van der Waals surface area contributed by atoms with Crippen molar-refractivity contribution in [1.29, 1.82) is 0 Å². The first-order chi connectivity index (χ1) is 9.79. The van der Waals surface area contributed by atoms with Crippen LogP contribution >= 0.6 is 0 Å². The van der Waals surface area contributed by atoms with Gasteiger partial charge in [-0.25, -0.2) is 8.42 Å². The van der Waals surface area contributed by atoms with Crippen LogP contribution in [0, 0.1) is 6.92 Å². The van der Waals surface area contributed by atoms with Gasteiger partial charge in [0, 0.05) is 24.3 Å². The maximum Gasteiger partial charge on any atom is 0.248 e. The highest BCUT2D eigenvalue weighted by atomic mass is 32.2. The third-order valence-electron chi connectivity index (χ3n) is 3.20. The first-order valence-electron chi connectivity index (χ1n) is 6.40. The van der Waals surface area contributed by atoms with Gasteiger partial charge in [-0.1, -0.05) is 6.07 Å². The number of sulfone groups is 1. The first-order valence-corrected chi connectivity index (χ1v) is 8.29. The van der Waals surface area contributed by atoms with Crippen LogP contribution in [0.3, 0.4) is 0 Å². The van der Waals surface area contributed by atoms with Gasteiger partial charge < -0.3 is 5.32 Å². The third kappa shape index (κ3) is 3.49. The number of carbonyl (C=O) groups is 1. The molecule has 0 bridgehead atoms. The molecule has 0 radical (unpaired) electrons. The maximum absolute atomic E-state index is 12.2. The number of carbonyl (C=O) groups excluding carboxylic acids is 1. The number of hydrogen-bond acceptors (Lipinski definition) is 4. The van der Waals surface area contributed by atoms with E-state index in [0.717, 1.165) is 11.8 Å². The van der Waals surface area contributed by atoms with Gasteiger partial charge in [0.25, 0.3) is 0 Å². The predicted molar refractivity (Wildman–Crippen MR) is 79.9 cm³/mol. The number of amides is 1. The second-order valence-corrected chi connectivity index (χ2v) is 6.92. The molecule has 2 rings (SSSR count). The molecule has 112 valence electrons. The molecule has 0 aliphatic rings. The van der Waals surface area contributed by atoms with Crippen molar-refractivity contribution in [2.45, 2.75) is 24.8 Å². The number of hydrogen-bond donors (Lipinski definition) is 1. The number of aromatic nitrogens is 2. The van der Waals surface area contributed by atoms with E-state index in [1.807, 2.05) is 0 Å². The van der Waals surface area contributed by atoms with E-state index in [1.54, 1.807) is 38.4 Å². The lowest BCUT2D eigenvalue weighted by molar-refractivity contribution is -0.119. The predicted octanol–water partition coefficient (Wildman–Crippen LogP) is 1.79. The summed E-state index contributed by atoms with van der Waals surface area (Å²) in [6.45, 7) is 3.53. The van der Waals surface area contributed by atoms with Crippen molar-refractivity contribution in [3.63, 3.8) is 0 Å². The molecule has 1 aromatic carbocycles. The number of nitrogens with zero attached hydrogens (tertiary/aromatic N) is 2. The highest BCUT2D eigenvalue weighted by Gasteiger charge is 2.17. The zero-order valence-electron chi connectivity index (χ0n) is 12.1.